The maximum atomic E-state index is 13.1. The van der Waals surface area contributed by atoms with Crippen molar-refractivity contribution in [1.82, 2.24) is 0 Å². The third kappa shape index (κ3) is 3.02. The van der Waals surface area contributed by atoms with Gasteiger partial charge >= 0.3 is 0 Å². The van der Waals surface area contributed by atoms with Crippen molar-refractivity contribution in [2.24, 2.45) is 0 Å². The van der Waals surface area contributed by atoms with Crippen LogP contribution in [0, 0.1) is 5.82 Å². The van der Waals surface area contributed by atoms with Crippen molar-refractivity contribution in [3.63, 3.8) is 0 Å². The van der Waals surface area contributed by atoms with Gasteiger partial charge in [-0.2, -0.15) is 0 Å². The summed E-state index contributed by atoms with van der Waals surface area (Å²) in [7, 11) is 0. The molecule has 1 nitrogen and oxygen atoms in total. The van der Waals surface area contributed by atoms with Gasteiger partial charge in [0.2, 0.25) is 0 Å². The van der Waals surface area contributed by atoms with Gasteiger partial charge in [-0.25, -0.2) is 4.39 Å². The number of aliphatic hydroxyl groups excluding tert-OH is 1. The molecule has 0 bridgehead atoms. The Labute approximate surface area is 123 Å². The lowest BCUT2D eigenvalue weighted by Crippen LogP contribution is -2.02. The van der Waals surface area contributed by atoms with Crippen LogP contribution in [0.4, 0.5) is 4.39 Å². The molecule has 1 fully saturated rings. The lowest BCUT2D eigenvalue weighted by atomic mass is 9.99. The van der Waals surface area contributed by atoms with E-state index in [-0.39, 0.29) is 5.02 Å². The largest absolute Gasteiger partial charge is 0.388 e. The van der Waals surface area contributed by atoms with Gasteiger partial charge in [-0.15, -0.1) is 0 Å². The number of rotatable bonds is 4. The second-order valence-corrected chi connectivity index (χ2v) is 5.82. The van der Waals surface area contributed by atoms with Gasteiger partial charge in [-0.3, -0.25) is 0 Å². The number of benzene rings is 2. The molecule has 1 aliphatic carbocycles. The molecule has 1 unspecified atom stereocenters. The average Bonchev–Trinajstić information content (AvgIpc) is 3.28. The summed E-state index contributed by atoms with van der Waals surface area (Å²) in [6.45, 7) is 0. The fourth-order valence-electron chi connectivity index (χ4n) is 2.41. The van der Waals surface area contributed by atoms with Crippen LogP contribution in [0.5, 0.6) is 0 Å². The Balaban J connectivity index is 1.71. The Kier molecular flexibility index (Phi) is 3.77. The van der Waals surface area contributed by atoms with E-state index >= 15 is 0 Å². The molecule has 2 aromatic rings. The molecular weight excluding hydrogens is 275 g/mol. The molecule has 104 valence electrons. The van der Waals surface area contributed by atoms with Crippen molar-refractivity contribution in [3.05, 3.63) is 70.0 Å². The highest BCUT2D eigenvalue weighted by molar-refractivity contribution is 6.30. The smallest absolute Gasteiger partial charge is 0.141 e. The van der Waals surface area contributed by atoms with Crippen molar-refractivity contribution in [3.8, 4) is 0 Å². The molecule has 1 atom stereocenters. The van der Waals surface area contributed by atoms with Crippen LogP contribution in [-0.2, 0) is 6.42 Å². The van der Waals surface area contributed by atoms with Crippen LogP contribution in [0.25, 0.3) is 0 Å². The first kappa shape index (κ1) is 13.6. The molecule has 3 heteroatoms. The molecule has 1 aliphatic rings. The van der Waals surface area contributed by atoms with Crippen molar-refractivity contribution in [2.45, 2.75) is 31.3 Å². The number of halogens is 2. The van der Waals surface area contributed by atoms with Crippen molar-refractivity contribution >= 4 is 11.6 Å². The van der Waals surface area contributed by atoms with Crippen LogP contribution >= 0.6 is 11.6 Å². The molecular formula is C17H16ClFO. The second kappa shape index (κ2) is 5.55. The first-order valence-electron chi connectivity index (χ1n) is 6.85. The topological polar surface area (TPSA) is 20.2 Å². The van der Waals surface area contributed by atoms with Crippen LogP contribution in [0.3, 0.4) is 0 Å². The van der Waals surface area contributed by atoms with Gasteiger partial charge in [-0.1, -0.05) is 41.9 Å². The summed E-state index contributed by atoms with van der Waals surface area (Å²) < 4.78 is 13.1. The lowest BCUT2D eigenvalue weighted by molar-refractivity contribution is 0.178. The van der Waals surface area contributed by atoms with Crippen LogP contribution < -0.4 is 0 Å². The Morgan fingerprint density at radius 3 is 2.45 bits per heavy atom. The Hall–Kier alpha value is -1.38. The summed E-state index contributed by atoms with van der Waals surface area (Å²) in [4.78, 5) is 0. The highest BCUT2D eigenvalue weighted by atomic mass is 35.5. The van der Waals surface area contributed by atoms with Gasteiger partial charge in [0.05, 0.1) is 11.1 Å². The third-order valence-corrected chi connectivity index (χ3v) is 4.07. The standard InChI is InChI=1S/C17H16ClFO/c18-15-9-11(1-8-16(15)19)10-17(20)14-6-4-13(5-7-14)12-2-3-12/h1,4-9,12,17,20H,2-3,10H2. The van der Waals surface area contributed by atoms with Gasteiger partial charge in [0.25, 0.3) is 0 Å². The molecule has 0 amide bonds. The first-order chi connectivity index (χ1) is 9.63. The summed E-state index contributed by atoms with van der Waals surface area (Å²) in [6, 6.07) is 12.7. The zero-order valence-electron chi connectivity index (χ0n) is 11.0. The van der Waals surface area contributed by atoms with Crippen LogP contribution in [0.2, 0.25) is 5.02 Å². The minimum absolute atomic E-state index is 0.0961. The van der Waals surface area contributed by atoms with Crippen molar-refractivity contribution in [1.29, 1.82) is 0 Å². The summed E-state index contributed by atoms with van der Waals surface area (Å²) in [5.41, 5.74) is 3.07. The fraction of sp³-hybridized carbons (Fsp3) is 0.294. The SMILES string of the molecule is OC(Cc1ccc(F)c(Cl)c1)c1ccc(C2CC2)cc1. The minimum Gasteiger partial charge on any atom is -0.388 e. The van der Waals surface area contributed by atoms with E-state index in [0.29, 0.717) is 6.42 Å². The molecule has 3 rings (SSSR count). The van der Waals surface area contributed by atoms with E-state index in [9.17, 15) is 9.50 Å². The van der Waals surface area contributed by atoms with E-state index in [2.05, 4.69) is 12.1 Å². The third-order valence-electron chi connectivity index (χ3n) is 3.78. The molecule has 1 saturated carbocycles. The summed E-state index contributed by atoms with van der Waals surface area (Å²) in [6.07, 6.45) is 2.39. The molecule has 0 aromatic heterocycles. The maximum absolute atomic E-state index is 13.1. The van der Waals surface area contributed by atoms with Gasteiger partial charge in [0, 0.05) is 6.42 Å². The highest BCUT2D eigenvalue weighted by Gasteiger charge is 2.23. The first-order valence-corrected chi connectivity index (χ1v) is 7.23. The number of hydrogen-bond acceptors (Lipinski definition) is 1. The van der Waals surface area contributed by atoms with Gasteiger partial charge in [-0.05, 0) is 47.6 Å². The van der Waals surface area contributed by atoms with E-state index in [1.54, 1.807) is 12.1 Å². The Bertz CT molecular complexity index is 605. The number of aliphatic hydroxyl groups is 1. The second-order valence-electron chi connectivity index (χ2n) is 5.41. The van der Waals surface area contributed by atoms with Crippen molar-refractivity contribution in [2.75, 3.05) is 0 Å². The molecule has 2 aromatic carbocycles. The molecule has 0 heterocycles. The summed E-state index contributed by atoms with van der Waals surface area (Å²) in [5.74, 6) is 0.288. The monoisotopic (exact) mass is 290 g/mol. The lowest BCUT2D eigenvalue weighted by Gasteiger charge is -2.12. The molecule has 0 radical (unpaired) electrons. The molecule has 20 heavy (non-hydrogen) atoms. The zero-order chi connectivity index (χ0) is 14.1. The van der Waals surface area contributed by atoms with E-state index in [1.165, 1.54) is 24.5 Å². The van der Waals surface area contributed by atoms with E-state index in [1.807, 2.05) is 12.1 Å². The van der Waals surface area contributed by atoms with E-state index < -0.39 is 11.9 Å². The molecule has 0 saturated heterocycles. The highest BCUT2D eigenvalue weighted by Crippen LogP contribution is 2.40. The van der Waals surface area contributed by atoms with Gasteiger partial charge in [0.1, 0.15) is 5.82 Å². The average molecular weight is 291 g/mol. The molecule has 0 aliphatic heterocycles. The predicted molar refractivity (Wildman–Crippen MR) is 78.5 cm³/mol. The van der Waals surface area contributed by atoms with Gasteiger partial charge in [0.15, 0.2) is 0 Å². The summed E-state index contributed by atoms with van der Waals surface area (Å²) >= 11 is 5.75. The molecule has 1 N–H and O–H groups in total. The van der Waals surface area contributed by atoms with Crippen molar-refractivity contribution < 1.29 is 9.50 Å². The normalized spacial score (nSPS) is 16.1. The minimum atomic E-state index is -0.593. The zero-order valence-corrected chi connectivity index (χ0v) is 11.8. The Morgan fingerprint density at radius 1 is 1.15 bits per heavy atom. The molecule has 0 spiro atoms. The Morgan fingerprint density at radius 2 is 1.85 bits per heavy atom. The van der Waals surface area contributed by atoms with Crippen LogP contribution in [0.1, 0.15) is 41.6 Å². The van der Waals surface area contributed by atoms with Crippen LogP contribution in [0.15, 0.2) is 42.5 Å². The fourth-order valence-corrected chi connectivity index (χ4v) is 2.62. The van der Waals surface area contributed by atoms with Crippen LogP contribution in [-0.4, -0.2) is 5.11 Å². The van der Waals surface area contributed by atoms with E-state index in [0.717, 1.165) is 17.0 Å². The summed E-state index contributed by atoms with van der Waals surface area (Å²) in [5, 5.41) is 10.3. The number of hydrogen-bond donors (Lipinski definition) is 1. The quantitative estimate of drug-likeness (QED) is 0.870. The van der Waals surface area contributed by atoms with Gasteiger partial charge < -0.3 is 5.11 Å². The predicted octanol–water partition coefficient (Wildman–Crippen LogP) is 4.63. The van der Waals surface area contributed by atoms with E-state index in [4.69, 9.17) is 11.6 Å². The maximum Gasteiger partial charge on any atom is 0.141 e.